The number of alkyl halides is 3. The van der Waals surface area contributed by atoms with Crippen LogP contribution in [0.2, 0.25) is 10.0 Å². The minimum Gasteiger partial charge on any atom is -0.484 e. The fourth-order valence-corrected chi connectivity index (χ4v) is 4.60. The third-order valence-corrected chi connectivity index (χ3v) is 6.37. The predicted molar refractivity (Wildman–Crippen MR) is 139 cm³/mol. The molecule has 7 nitrogen and oxygen atoms in total. The van der Waals surface area contributed by atoms with Crippen molar-refractivity contribution in [3.8, 4) is 11.4 Å². The Labute approximate surface area is 225 Å². The minimum atomic E-state index is -5.07. The maximum Gasteiger partial charge on any atom is 0.471 e. The summed E-state index contributed by atoms with van der Waals surface area (Å²) in [6, 6.07) is 11.6. The first-order valence-electron chi connectivity index (χ1n) is 11.5. The highest BCUT2D eigenvalue weighted by Gasteiger charge is 2.42. The fourth-order valence-electron chi connectivity index (χ4n) is 4.05. The van der Waals surface area contributed by atoms with Crippen LogP contribution in [0.1, 0.15) is 25.5 Å². The molecule has 2 aromatic carbocycles. The summed E-state index contributed by atoms with van der Waals surface area (Å²) in [7, 11) is 1.63. The molecule has 0 aliphatic rings. The van der Waals surface area contributed by atoms with Gasteiger partial charge >= 0.3 is 12.1 Å². The average Bonchev–Trinajstić information content (AvgIpc) is 3.24. The van der Waals surface area contributed by atoms with Crippen molar-refractivity contribution in [1.82, 2.24) is 19.7 Å². The Morgan fingerprint density at radius 2 is 1.74 bits per heavy atom. The third-order valence-electron chi connectivity index (χ3n) is 5.93. The molecule has 0 spiro atoms. The van der Waals surface area contributed by atoms with E-state index in [4.69, 9.17) is 27.9 Å². The largest absolute Gasteiger partial charge is 0.484 e. The van der Waals surface area contributed by atoms with E-state index in [0.717, 1.165) is 0 Å². The van der Waals surface area contributed by atoms with E-state index in [1.807, 2.05) is 0 Å². The molecule has 0 saturated heterocycles. The lowest BCUT2D eigenvalue weighted by molar-refractivity contribution is -0.175. The standard InChI is InChI=1S/C26H23Cl2F3N4O3/c1-14(2)23(33-25(37)26(29,30)31)24(15-8-17(27)11-18(28)9-15)38-20-5-6-21-16(10-20)12-32-35(21)19-4-7-22(36)34(3)13-19/h4-14,23-24H,1-3H3,(H,33,37)/t23?,24-/m1/s1. The van der Waals surface area contributed by atoms with Gasteiger partial charge in [0.2, 0.25) is 5.56 Å². The van der Waals surface area contributed by atoms with Crippen molar-refractivity contribution in [2.24, 2.45) is 13.0 Å². The molecule has 4 rings (SSSR count). The van der Waals surface area contributed by atoms with E-state index < -0.39 is 30.1 Å². The zero-order chi connectivity index (χ0) is 27.8. The molecule has 1 N–H and O–H groups in total. The van der Waals surface area contributed by atoms with Crippen LogP contribution in [0.25, 0.3) is 16.6 Å². The first-order valence-corrected chi connectivity index (χ1v) is 12.2. The maximum absolute atomic E-state index is 13.1. The van der Waals surface area contributed by atoms with Gasteiger partial charge in [-0.1, -0.05) is 37.0 Å². The normalized spacial score (nSPS) is 13.5. The van der Waals surface area contributed by atoms with Crippen LogP contribution in [-0.4, -0.2) is 32.5 Å². The zero-order valence-electron chi connectivity index (χ0n) is 20.5. The second-order valence-corrected chi connectivity index (χ2v) is 9.97. The third kappa shape index (κ3) is 5.97. The van der Waals surface area contributed by atoms with Crippen molar-refractivity contribution in [3.05, 3.63) is 86.9 Å². The van der Waals surface area contributed by atoms with Crippen LogP contribution in [0.5, 0.6) is 5.75 Å². The lowest BCUT2D eigenvalue weighted by atomic mass is 9.93. The number of nitrogens with zero attached hydrogens (tertiary/aromatic N) is 3. The van der Waals surface area contributed by atoms with E-state index in [1.54, 1.807) is 62.2 Å². The van der Waals surface area contributed by atoms with Crippen molar-refractivity contribution < 1.29 is 22.7 Å². The fraction of sp³-hybridized carbons (Fsp3) is 0.269. The van der Waals surface area contributed by atoms with Crippen molar-refractivity contribution in [1.29, 1.82) is 0 Å². The van der Waals surface area contributed by atoms with Crippen molar-refractivity contribution in [2.75, 3.05) is 0 Å². The summed E-state index contributed by atoms with van der Waals surface area (Å²) in [6.07, 6.45) is -2.88. The molecule has 38 heavy (non-hydrogen) atoms. The number of aryl methyl sites for hydroxylation is 1. The molecule has 2 aromatic heterocycles. The summed E-state index contributed by atoms with van der Waals surface area (Å²) in [5.41, 5.74) is 1.61. The van der Waals surface area contributed by atoms with Gasteiger partial charge in [0.1, 0.15) is 11.9 Å². The van der Waals surface area contributed by atoms with Crippen molar-refractivity contribution in [2.45, 2.75) is 32.2 Å². The molecule has 1 amide bonds. The van der Waals surface area contributed by atoms with Gasteiger partial charge in [-0.2, -0.15) is 18.3 Å². The van der Waals surface area contributed by atoms with Crippen LogP contribution in [0.3, 0.4) is 0 Å². The number of carbonyl (C=O) groups excluding carboxylic acids is 1. The van der Waals surface area contributed by atoms with Gasteiger partial charge in [-0.3, -0.25) is 9.59 Å². The Morgan fingerprint density at radius 1 is 1.05 bits per heavy atom. The monoisotopic (exact) mass is 566 g/mol. The lowest BCUT2D eigenvalue weighted by Gasteiger charge is -2.32. The summed E-state index contributed by atoms with van der Waals surface area (Å²) in [6.45, 7) is 3.34. The minimum absolute atomic E-state index is 0.162. The number of halogens is 5. The van der Waals surface area contributed by atoms with Crippen LogP contribution in [0, 0.1) is 5.92 Å². The first kappa shape index (κ1) is 27.5. The van der Waals surface area contributed by atoms with Crippen LogP contribution in [0.4, 0.5) is 13.2 Å². The summed E-state index contributed by atoms with van der Waals surface area (Å²) in [4.78, 5) is 23.6. The molecular formula is C26H23Cl2F3N4O3. The van der Waals surface area contributed by atoms with Crippen LogP contribution in [0.15, 0.2) is 65.7 Å². The number of hydrogen-bond donors (Lipinski definition) is 1. The molecule has 2 heterocycles. The Kier molecular flexibility index (Phi) is 7.75. The van der Waals surface area contributed by atoms with E-state index in [-0.39, 0.29) is 15.6 Å². The van der Waals surface area contributed by atoms with Gasteiger partial charge < -0.3 is 14.6 Å². The second kappa shape index (κ2) is 10.7. The molecule has 2 atom stereocenters. The number of nitrogens with one attached hydrogen (secondary N) is 1. The van der Waals surface area contributed by atoms with Crippen molar-refractivity contribution in [3.63, 3.8) is 0 Å². The summed E-state index contributed by atoms with van der Waals surface area (Å²) >= 11 is 12.4. The van der Waals surface area contributed by atoms with E-state index in [2.05, 4.69) is 10.4 Å². The van der Waals surface area contributed by atoms with Crippen LogP contribution in [-0.2, 0) is 11.8 Å². The molecule has 4 aromatic rings. The summed E-state index contributed by atoms with van der Waals surface area (Å²) < 4.78 is 48.7. The van der Waals surface area contributed by atoms with Gasteiger partial charge in [0.05, 0.1) is 23.4 Å². The maximum atomic E-state index is 13.1. The first-order chi connectivity index (χ1) is 17.8. The predicted octanol–water partition coefficient (Wildman–Crippen LogP) is 5.85. The van der Waals surface area contributed by atoms with E-state index in [1.165, 1.54) is 28.8 Å². The van der Waals surface area contributed by atoms with E-state index in [0.29, 0.717) is 27.9 Å². The number of ether oxygens (including phenoxy) is 1. The number of fused-ring (bicyclic) bond motifs is 1. The van der Waals surface area contributed by atoms with Gasteiger partial charge in [0, 0.05) is 34.7 Å². The van der Waals surface area contributed by atoms with Crippen LogP contribution >= 0.6 is 23.2 Å². The van der Waals surface area contributed by atoms with Crippen LogP contribution < -0.4 is 15.6 Å². The number of amides is 1. The highest BCUT2D eigenvalue weighted by molar-refractivity contribution is 6.34. The van der Waals surface area contributed by atoms with E-state index in [9.17, 15) is 22.8 Å². The molecule has 0 saturated carbocycles. The second-order valence-electron chi connectivity index (χ2n) is 9.10. The molecular weight excluding hydrogens is 544 g/mol. The van der Waals surface area contributed by atoms with Crippen molar-refractivity contribution >= 4 is 40.0 Å². The number of aromatic nitrogens is 3. The van der Waals surface area contributed by atoms with Gasteiger partial charge in [-0.15, -0.1) is 0 Å². The summed E-state index contributed by atoms with van der Waals surface area (Å²) in [5, 5.41) is 7.67. The molecule has 0 bridgehead atoms. The molecule has 0 aliphatic carbocycles. The molecule has 0 aliphatic heterocycles. The number of hydrogen-bond acceptors (Lipinski definition) is 4. The van der Waals surface area contributed by atoms with Gasteiger partial charge in [-0.25, -0.2) is 4.68 Å². The van der Waals surface area contributed by atoms with Gasteiger partial charge in [-0.05, 0) is 53.9 Å². The number of benzene rings is 2. The lowest BCUT2D eigenvalue weighted by Crippen LogP contribution is -2.49. The molecule has 0 radical (unpaired) electrons. The molecule has 0 fully saturated rings. The smallest absolute Gasteiger partial charge is 0.471 e. The molecule has 1 unspecified atom stereocenters. The van der Waals surface area contributed by atoms with E-state index >= 15 is 0 Å². The Hall–Kier alpha value is -3.50. The number of rotatable bonds is 7. The zero-order valence-corrected chi connectivity index (χ0v) is 22.0. The Morgan fingerprint density at radius 3 is 2.34 bits per heavy atom. The molecule has 12 heteroatoms. The van der Waals surface area contributed by atoms with Gasteiger partial charge in [0.25, 0.3) is 0 Å². The Bertz CT molecular complexity index is 1530. The van der Waals surface area contributed by atoms with Gasteiger partial charge in [0.15, 0.2) is 0 Å². The summed E-state index contributed by atoms with van der Waals surface area (Å²) in [5.74, 6) is -2.21. The average molecular weight is 567 g/mol. The topological polar surface area (TPSA) is 78.2 Å². The Balaban J connectivity index is 1.74. The number of carbonyl (C=O) groups is 1. The SMILES string of the molecule is CC(C)C(NC(=O)C(F)(F)F)[C@H](Oc1ccc2c(cnn2-c2ccc(=O)n(C)c2)c1)c1cc(Cl)cc(Cl)c1. The highest BCUT2D eigenvalue weighted by Crippen LogP contribution is 2.34. The quantitative estimate of drug-likeness (QED) is 0.304. The molecule has 200 valence electrons. The number of pyridine rings is 1. The highest BCUT2D eigenvalue weighted by atomic mass is 35.5.